The van der Waals surface area contributed by atoms with Crippen LogP contribution < -0.4 is 5.32 Å². The normalized spacial score (nSPS) is 28.3. The molecule has 106 valence electrons. The summed E-state index contributed by atoms with van der Waals surface area (Å²) in [7, 11) is 0. The predicted molar refractivity (Wildman–Crippen MR) is 78.9 cm³/mol. The summed E-state index contributed by atoms with van der Waals surface area (Å²) in [5, 5.41) is 3.75. The highest BCUT2D eigenvalue weighted by molar-refractivity contribution is 4.85. The van der Waals surface area contributed by atoms with Crippen molar-refractivity contribution in [2.75, 3.05) is 19.6 Å². The van der Waals surface area contributed by atoms with E-state index in [1.165, 1.54) is 58.2 Å². The zero-order valence-corrected chi connectivity index (χ0v) is 12.6. The van der Waals surface area contributed by atoms with E-state index in [2.05, 4.69) is 31.0 Å². The topological polar surface area (TPSA) is 15.3 Å². The Bertz CT molecular complexity index is 235. The Morgan fingerprint density at radius 2 is 2.00 bits per heavy atom. The molecule has 1 N–H and O–H groups in total. The van der Waals surface area contributed by atoms with E-state index in [1.54, 1.807) is 0 Å². The van der Waals surface area contributed by atoms with Gasteiger partial charge in [-0.2, -0.15) is 0 Å². The number of hydrogen-bond donors (Lipinski definition) is 1. The van der Waals surface area contributed by atoms with Crippen molar-refractivity contribution in [3.63, 3.8) is 0 Å². The lowest BCUT2D eigenvalue weighted by Gasteiger charge is -2.32. The number of nitrogens with zero attached hydrogens (tertiary/aromatic N) is 1. The third kappa shape index (κ3) is 4.55. The second-order valence-electron chi connectivity index (χ2n) is 6.87. The SMILES string of the molecule is CCC(CC1CC1)N1CCCNC(CC(C)C)C1. The molecule has 1 heterocycles. The molecule has 0 aromatic rings. The number of rotatable bonds is 6. The van der Waals surface area contributed by atoms with Gasteiger partial charge in [0.05, 0.1) is 0 Å². The van der Waals surface area contributed by atoms with Gasteiger partial charge in [-0.05, 0) is 50.6 Å². The fourth-order valence-corrected chi connectivity index (χ4v) is 3.40. The van der Waals surface area contributed by atoms with Crippen molar-refractivity contribution in [3.8, 4) is 0 Å². The minimum atomic E-state index is 0.723. The Morgan fingerprint density at radius 1 is 1.22 bits per heavy atom. The zero-order chi connectivity index (χ0) is 13.0. The van der Waals surface area contributed by atoms with Gasteiger partial charge in [0, 0.05) is 18.6 Å². The average molecular weight is 252 g/mol. The molecule has 18 heavy (non-hydrogen) atoms. The number of hydrogen-bond acceptors (Lipinski definition) is 2. The van der Waals surface area contributed by atoms with Crippen molar-refractivity contribution in [2.45, 2.75) is 71.4 Å². The van der Waals surface area contributed by atoms with Gasteiger partial charge in [-0.3, -0.25) is 4.90 Å². The maximum absolute atomic E-state index is 3.75. The summed E-state index contributed by atoms with van der Waals surface area (Å²) >= 11 is 0. The van der Waals surface area contributed by atoms with Crippen LogP contribution in [0.3, 0.4) is 0 Å². The zero-order valence-electron chi connectivity index (χ0n) is 12.6. The van der Waals surface area contributed by atoms with Crippen molar-refractivity contribution in [3.05, 3.63) is 0 Å². The first-order valence-corrected chi connectivity index (χ1v) is 8.16. The molecule has 1 saturated heterocycles. The smallest absolute Gasteiger partial charge is 0.0197 e. The highest BCUT2D eigenvalue weighted by Crippen LogP contribution is 2.35. The van der Waals surface area contributed by atoms with Gasteiger partial charge >= 0.3 is 0 Å². The van der Waals surface area contributed by atoms with Crippen molar-refractivity contribution >= 4 is 0 Å². The van der Waals surface area contributed by atoms with Crippen LogP contribution in [0.25, 0.3) is 0 Å². The van der Waals surface area contributed by atoms with E-state index in [9.17, 15) is 0 Å². The third-order valence-electron chi connectivity index (χ3n) is 4.56. The molecular weight excluding hydrogens is 220 g/mol. The van der Waals surface area contributed by atoms with Crippen molar-refractivity contribution in [2.24, 2.45) is 11.8 Å². The second-order valence-corrected chi connectivity index (χ2v) is 6.87. The first kappa shape index (κ1) is 14.3. The first-order valence-electron chi connectivity index (χ1n) is 8.16. The molecular formula is C16H32N2. The van der Waals surface area contributed by atoms with Crippen LogP contribution in [0.2, 0.25) is 0 Å². The quantitative estimate of drug-likeness (QED) is 0.780. The Balaban J connectivity index is 1.87. The minimum absolute atomic E-state index is 0.723. The molecule has 0 spiro atoms. The molecule has 0 aromatic heterocycles. The molecule has 2 unspecified atom stereocenters. The Labute approximate surface area is 114 Å². The summed E-state index contributed by atoms with van der Waals surface area (Å²) < 4.78 is 0. The van der Waals surface area contributed by atoms with Crippen LogP contribution in [0.5, 0.6) is 0 Å². The molecule has 2 nitrogen and oxygen atoms in total. The second kappa shape index (κ2) is 6.91. The Kier molecular flexibility index (Phi) is 5.50. The molecule has 2 rings (SSSR count). The van der Waals surface area contributed by atoms with Gasteiger partial charge < -0.3 is 5.32 Å². The molecule has 2 heteroatoms. The molecule has 2 fully saturated rings. The molecule has 0 aromatic carbocycles. The van der Waals surface area contributed by atoms with Crippen LogP contribution >= 0.6 is 0 Å². The van der Waals surface area contributed by atoms with Gasteiger partial charge in [0.25, 0.3) is 0 Å². The molecule has 2 aliphatic rings. The average Bonchev–Trinajstić information content (AvgIpc) is 3.12. The lowest BCUT2D eigenvalue weighted by atomic mass is 10.0. The maximum atomic E-state index is 3.75. The summed E-state index contributed by atoms with van der Waals surface area (Å²) in [4.78, 5) is 2.80. The van der Waals surface area contributed by atoms with E-state index in [-0.39, 0.29) is 0 Å². The van der Waals surface area contributed by atoms with Crippen molar-refractivity contribution in [1.29, 1.82) is 0 Å². The standard InChI is InChI=1S/C16H32N2/c1-4-16(11-14-6-7-14)18-9-5-8-17-15(12-18)10-13(2)3/h13-17H,4-12H2,1-3H3. The Morgan fingerprint density at radius 3 is 2.61 bits per heavy atom. The van der Waals surface area contributed by atoms with Crippen molar-refractivity contribution in [1.82, 2.24) is 10.2 Å². The highest BCUT2D eigenvalue weighted by Gasteiger charge is 2.29. The monoisotopic (exact) mass is 252 g/mol. The lowest BCUT2D eigenvalue weighted by molar-refractivity contribution is 0.167. The molecule has 1 aliphatic heterocycles. The van der Waals surface area contributed by atoms with Gasteiger partial charge in [0.2, 0.25) is 0 Å². The highest BCUT2D eigenvalue weighted by atomic mass is 15.2. The summed E-state index contributed by atoms with van der Waals surface area (Å²) in [6, 6.07) is 1.58. The number of nitrogens with one attached hydrogen (secondary N) is 1. The van der Waals surface area contributed by atoms with Gasteiger partial charge in [-0.15, -0.1) is 0 Å². The maximum Gasteiger partial charge on any atom is 0.0197 e. The molecule has 1 saturated carbocycles. The van der Waals surface area contributed by atoms with Crippen LogP contribution in [0.4, 0.5) is 0 Å². The molecule has 0 radical (unpaired) electrons. The van der Waals surface area contributed by atoms with Crippen LogP contribution in [-0.2, 0) is 0 Å². The largest absolute Gasteiger partial charge is 0.313 e. The summed E-state index contributed by atoms with van der Waals surface area (Å²) in [6.07, 6.45) is 8.46. The van der Waals surface area contributed by atoms with Crippen LogP contribution in [0.1, 0.15) is 59.3 Å². The van der Waals surface area contributed by atoms with Gasteiger partial charge in [-0.25, -0.2) is 0 Å². The van der Waals surface area contributed by atoms with Crippen molar-refractivity contribution < 1.29 is 0 Å². The van der Waals surface area contributed by atoms with Crippen LogP contribution in [-0.4, -0.2) is 36.6 Å². The fraction of sp³-hybridized carbons (Fsp3) is 1.00. The van der Waals surface area contributed by atoms with E-state index in [4.69, 9.17) is 0 Å². The summed E-state index contributed by atoms with van der Waals surface area (Å²) in [5.41, 5.74) is 0. The van der Waals surface area contributed by atoms with Gasteiger partial charge in [0.1, 0.15) is 0 Å². The lowest BCUT2D eigenvalue weighted by Crippen LogP contribution is -2.43. The predicted octanol–water partition coefficient (Wildman–Crippen LogP) is 3.28. The van der Waals surface area contributed by atoms with Crippen LogP contribution in [0.15, 0.2) is 0 Å². The van der Waals surface area contributed by atoms with Gasteiger partial charge in [-0.1, -0.05) is 33.6 Å². The minimum Gasteiger partial charge on any atom is -0.313 e. The fourth-order valence-electron chi connectivity index (χ4n) is 3.40. The van der Waals surface area contributed by atoms with E-state index >= 15 is 0 Å². The van der Waals surface area contributed by atoms with E-state index in [0.717, 1.165) is 23.9 Å². The Hall–Kier alpha value is -0.0800. The summed E-state index contributed by atoms with van der Waals surface area (Å²) in [6.45, 7) is 10.9. The van der Waals surface area contributed by atoms with Gasteiger partial charge in [0.15, 0.2) is 0 Å². The molecule has 1 aliphatic carbocycles. The molecule has 0 amide bonds. The molecule has 2 atom stereocenters. The first-order chi connectivity index (χ1) is 8.69. The molecule has 0 bridgehead atoms. The van der Waals surface area contributed by atoms with E-state index in [1.807, 2.05) is 0 Å². The summed E-state index contributed by atoms with van der Waals surface area (Å²) in [5.74, 6) is 1.88. The van der Waals surface area contributed by atoms with E-state index in [0.29, 0.717) is 0 Å². The van der Waals surface area contributed by atoms with E-state index < -0.39 is 0 Å². The third-order valence-corrected chi connectivity index (χ3v) is 4.56. The van der Waals surface area contributed by atoms with Crippen LogP contribution in [0, 0.1) is 11.8 Å².